The molecule has 0 spiro atoms. The number of unbranched alkanes of at least 4 members (excludes halogenated alkanes) is 5. The van der Waals surface area contributed by atoms with Crippen LogP contribution in [0.25, 0.3) is 0 Å². The SMILES string of the molecule is O=C(CCc1nn[nH]n1)C[C@H](C(=O)O)c1nccn1CCCCCCCCc1ccccc1. The molecule has 0 saturated carbocycles. The van der Waals surface area contributed by atoms with Crippen molar-refractivity contribution in [2.24, 2.45) is 0 Å². The van der Waals surface area contributed by atoms with Gasteiger partial charge in [-0.05, 0) is 24.8 Å². The number of nitrogens with zero attached hydrogens (tertiary/aromatic N) is 5. The monoisotopic (exact) mass is 452 g/mol. The second kappa shape index (κ2) is 13.2. The largest absolute Gasteiger partial charge is 0.481 e. The fourth-order valence-corrected chi connectivity index (χ4v) is 3.94. The van der Waals surface area contributed by atoms with Crippen LogP contribution in [-0.4, -0.2) is 47.0 Å². The molecule has 176 valence electrons. The van der Waals surface area contributed by atoms with E-state index in [-0.39, 0.29) is 18.6 Å². The number of aromatic amines is 1. The number of rotatable bonds is 16. The summed E-state index contributed by atoms with van der Waals surface area (Å²) >= 11 is 0. The Kier molecular flexibility index (Phi) is 9.75. The number of ketones is 1. The lowest BCUT2D eigenvalue weighted by Gasteiger charge is -2.14. The van der Waals surface area contributed by atoms with Gasteiger partial charge >= 0.3 is 5.97 Å². The summed E-state index contributed by atoms with van der Waals surface area (Å²) in [7, 11) is 0. The number of benzene rings is 1. The zero-order chi connectivity index (χ0) is 23.3. The number of carbonyl (C=O) groups is 2. The molecular formula is C24H32N6O3. The van der Waals surface area contributed by atoms with Crippen LogP contribution in [0.5, 0.6) is 0 Å². The molecule has 0 saturated heterocycles. The summed E-state index contributed by atoms with van der Waals surface area (Å²) in [5.41, 5.74) is 1.39. The molecule has 1 aromatic carbocycles. The maximum absolute atomic E-state index is 12.3. The number of carbonyl (C=O) groups excluding carboxylic acids is 1. The van der Waals surface area contributed by atoms with E-state index in [9.17, 15) is 14.7 Å². The third-order valence-corrected chi connectivity index (χ3v) is 5.76. The highest BCUT2D eigenvalue weighted by molar-refractivity contribution is 5.86. The van der Waals surface area contributed by atoms with E-state index < -0.39 is 11.9 Å². The molecule has 9 nitrogen and oxygen atoms in total. The molecular weight excluding hydrogens is 420 g/mol. The molecule has 33 heavy (non-hydrogen) atoms. The molecule has 0 bridgehead atoms. The van der Waals surface area contributed by atoms with Crippen molar-refractivity contribution in [1.82, 2.24) is 30.2 Å². The van der Waals surface area contributed by atoms with Crippen molar-refractivity contribution < 1.29 is 14.7 Å². The van der Waals surface area contributed by atoms with Crippen LogP contribution in [0.3, 0.4) is 0 Å². The van der Waals surface area contributed by atoms with Gasteiger partial charge in [0.05, 0.1) is 0 Å². The molecule has 0 radical (unpaired) electrons. The van der Waals surface area contributed by atoms with Gasteiger partial charge in [-0.3, -0.25) is 9.59 Å². The minimum absolute atomic E-state index is 0.0917. The maximum Gasteiger partial charge on any atom is 0.314 e. The van der Waals surface area contributed by atoms with Crippen molar-refractivity contribution in [2.45, 2.75) is 76.7 Å². The molecule has 0 aliphatic heterocycles. The van der Waals surface area contributed by atoms with Gasteiger partial charge in [0.25, 0.3) is 0 Å². The van der Waals surface area contributed by atoms with Crippen molar-refractivity contribution in [3.8, 4) is 0 Å². The highest BCUT2D eigenvalue weighted by Gasteiger charge is 2.27. The predicted octanol–water partition coefficient (Wildman–Crippen LogP) is 3.74. The van der Waals surface area contributed by atoms with Crippen molar-refractivity contribution >= 4 is 11.8 Å². The van der Waals surface area contributed by atoms with Crippen LogP contribution >= 0.6 is 0 Å². The Bertz CT molecular complexity index is 971. The number of carboxylic acid groups (broad SMARTS) is 1. The Morgan fingerprint density at radius 2 is 1.76 bits per heavy atom. The molecule has 0 aliphatic rings. The lowest BCUT2D eigenvalue weighted by Crippen LogP contribution is -2.21. The number of aryl methyl sites for hydroxylation is 3. The summed E-state index contributed by atoms with van der Waals surface area (Å²) in [6, 6.07) is 10.6. The number of hydrogen-bond acceptors (Lipinski definition) is 6. The van der Waals surface area contributed by atoms with E-state index in [1.807, 2.05) is 10.6 Å². The molecule has 2 N–H and O–H groups in total. The van der Waals surface area contributed by atoms with Gasteiger partial charge in [-0.2, -0.15) is 5.21 Å². The Morgan fingerprint density at radius 1 is 1.00 bits per heavy atom. The van der Waals surface area contributed by atoms with E-state index in [0.29, 0.717) is 24.6 Å². The van der Waals surface area contributed by atoms with Gasteiger partial charge in [-0.1, -0.05) is 61.2 Å². The first-order chi connectivity index (χ1) is 16.1. The summed E-state index contributed by atoms with van der Waals surface area (Å²) in [4.78, 5) is 28.5. The Labute approximate surface area is 193 Å². The van der Waals surface area contributed by atoms with Crippen LogP contribution in [0, 0.1) is 0 Å². The molecule has 2 aromatic heterocycles. The summed E-state index contributed by atoms with van der Waals surface area (Å²) in [5.74, 6) is -1.25. The van der Waals surface area contributed by atoms with E-state index in [1.54, 1.807) is 12.4 Å². The van der Waals surface area contributed by atoms with Crippen molar-refractivity contribution in [1.29, 1.82) is 0 Å². The van der Waals surface area contributed by atoms with Gasteiger partial charge in [0, 0.05) is 38.2 Å². The lowest BCUT2D eigenvalue weighted by molar-refractivity contribution is -0.140. The molecule has 3 rings (SSSR count). The van der Waals surface area contributed by atoms with Gasteiger partial charge in [-0.15, -0.1) is 10.2 Å². The molecule has 1 atom stereocenters. The normalized spacial score (nSPS) is 12.0. The topological polar surface area (TPSA) is 127 Å². The van der Waals surface area contributed by atoms with Crippen LogP contribution in [0.15, 0.2) is 42.7 Å². The number of aliphatic carboxylic acids is 1. The number of Topliss-reactive ketones (excluding diaryl/α,β-unsaturated/α-hetero) is 1. The van der Waals surface area contributed by atoms with Crippen LogP contribution in [0.4, 0.5) is 0 Å². The van der Waals surface area contributed by atoms with Crippen LogP contribution in [0.2, 0.25) is 0 Å². The average molecular weight is 453 g/mol. The Morgan fingerprint density at radius 3 is 2.48 bits per heavy atom. The fourth-order valence-electron chi connectivity index (χ4n) is 3.94. The average Bonchev–Trinajstić information content (AvgIpc) is 3.50. The predicted molar refractivity (Wildman–Crippen MR) is 123 cm³/mol. The number of aromatic nitrogens is 6. The van der Waals surface area contributed by atoms with Gasteiger partial charge in [0.15, 0.2) is 5.82 Å². The van der Waals surface area contributed by atoms with Crippen LogP contribution in [0.1, 0.15) is 74.5 Å². The second-order valence-electron chi connectivity index (χ2n) is 8.30. The second-order valence-corrected chi connectivity index (χ2v) is 8.30. The fraction of sp³-hybridized carbons (Fsp3) is 0.500. The highest BCUT2D eigenvalue weighted by atomic mass is 16.4. The highest BCUT2D eigenvalue weighted by Crippen LogP contribution is 2.21. The first-order valence-corrected chi connectivity index (χ1v) is 11.6. The van der Waals surface area contributed by atoms with Gasteiger partial charge < -0.3 is 9.67 Å². The van der Waals surface area contributed by atoms with Gasteiger partial charge in [0.2, 0.25) is 0 Å². The zero-order valence-corrected chi connectivity index (χ0v) is 18.9. The molecule has 0 amide bonds. The Hall–Kier alpha value is -3.36. The lowest BCUT2D eigenvalue weighted by atomic mass is 9.99. The van der Waals surface area contributed by atoms with Crippen LogP contribution < -0.4 is 0 Å². The number of imidazole rings is 1. The third kappa shape index (κ3) is 8.25. The molecule has 9 heteroatoms. The summed E-state index contributed by atoms with van der Waals surface area (Å²) in [6.07, 6.45) is 11.8. The number of nitrogens with one attached hydrogen (secondary N) is 1. The minimum Gasteiger partial charge on any atom is -0.481 e. The van der Waals surface area contributed by atoms with E-state index in [0.717, 1.165) is 25.7 Å². The van der Waals surface area contributed by atoms with Crippen LogP contribution in [-0.2, 0) is 29.0 Å². The zero-order valence-electron chi connectivity index (χ0n) is 18.9. The molecule has 0 unspecified atom stereocenters. The van der Waals surface area contributed by atoms with Crippen molar-refractivity contribution in [2.75, 3.05) is 0 Å². The minimum atomic E-state index is -1.03. The Balaban J connectivity index is 1.37. The van der Waals surface area contributed by atoms with E-state index in [4.69, 9.17) is 0 Å². The maximum atomic E-state index is 12.3. The molecule has 2 heterocycles. The molecule has 3 aromatic rings. The van der Waals surface area contributed by atoms with Gasteiger partial charge in [-0.25, -0.2) is 4.98 Å². The standard InChI is InChI=1S/C24H32N6O3/c31-20(13-14-22-26-28-29-27-22)18-21(24(32)33)23-25-15-17-30(23)16-9-4-2-1-3-6-10-19-11-7-5-8-12-19/h5,7-8,11-12,15,17,21H,1-4,6,9-10,13-14,16,18H2,(H,32,33)(H,26,27,28,29)/t21-/m0/s1. The first-order valence-electron chi connectivity index (χ1n) is 11.6. The molecule has 0 aliphatic carbocycles. The number of tetrazole rings is 1. The number of carboxylic acids is 1. The van der Waals surface area contributed by atoms with Gasteiger partial charge in [0.1, 0.15) is 17.5 Å². The summed E-state index contributed by atoms with van der Waals surface area (Å²) in [6.45, 7) is 0.709. The molecule has 0 fully saturated rings. The first kappa shape index (κ1) is 24.3. The number of hydrogen-bond donors (Lipinski definition) is 2. The van der Waals surface area contributed by atoms with Crippen molar-refractivity contribution in [3.63, 3.8) is 0 Å². The van der Waals surface area contributed by atoms with E-state index in [1.165, 1.54) is 24.8 Å². The summed E-state index contributed by atoms with van der Waals surface area (Å²) in [5, 5.41) is 23.1. The quantitative estimate of drug-likeness (QED) is 0.317. The van der Waals surface area contributed by atoms with E-state index >= 15 is 0 Å². The van der Waals surface area contributed by atoms with Crippen molar-refractivity contribution in [3.05, 3.63) is 59.9 Å². The number of H-pyrrole nitrogens is 1. The third-order valence-electron chi connectivity index (χ3n) is 5.76. The smallest absolute Gasteiger partial charge is 0.314 e. The summed E-state index contributed by atoms with van der Waals surface area (Å²) < 4.78 is 1.88. The van der Waals surface area contributed by atoms with E-state index in [2.05, 4.69) is 49.9 Å².